The molecule has 1 heterocycles. The first-order chi connectivity index (χ1) is 9.95. The fourth-order valence-corrected chi connectivity index (χ4v) is 2.80. The van der Waals surface area contributed by atoms with Gasteiger partial charge in [-0.25, -0.2) is 0 Å². The average molecular weight is 305 g/mol. The summed E-state index contributed by atoms with van der Waals surface area (Å²) in [4.78, 5) is 14.1. The number of benzene rings is 1. The van der Waals surface area contributed by atoms with Crippen molar-refractivity contribution in [2.45, 2.75) is 12.3 Å². The van der Waals surface area contributed by atoms with Crippen LogP contribution in [-0.2, 0) is 30.1 Å². The third-order valence-corrected chi connectivity index (χ3v) is 3.81. The Hall–Kier alpha value is -1.95. The molecule has 2 aromatic rings. The first-order valence-electron chi connectivity index (χ1n) is 6.57. The largest absolute Gasteiger partial charge is 0.337 e. The van der Waals surface area contributed by atoms with Crippen molar-refractivity contribution in [2.75, 3.05) is 13.3 Å². The van der Waals surface area contributed by atoms with Crippen LogP contribution in [0.5, 0.6) is 0 Å². The van der Waals surface area contributed by atoms with Gasteiger partial charge < -0.3 is 4.90 Å². The maximum absolute atomic E-state index is 12.4. The zero-order valence-corrected chi connectivity index (χ0v) is 13.3. The Morgan fingerprint density at radius 2 is 2.14 bits per heavy atom. The molecule has 0 aliphatic heterocycles. The Morgan fingerprint density at radius 1 is 1.38 bits per heavy atom. The van der Waals surface area contributed by atoms with Crippen LogP contribution in [0.3, 0.4) is 0 Å². The van der Waals surface area contributed by atoms with Gasteiger partial charge in [0.15, 0.2) is 0 Å². The van der Waals surface area contributed by atoms with E-state index in [1.165, 1.54) is 0 Å². The number of carbonyl (C=O) groups is 1. The van der Waals surface area contributed by atoms with Gasteiger partial charge in [-0.2, -0.15) is 5.10 Å². The van der Waals surface area contributed by atoms with Crippen LogP contribution in [0.2, 0.25) is 0 Å². The van der Waals surface area contributed by atoms with E-state index in [1.807, 2.05) is 31.4 Å². The summed E-state index contributed by atoms with van der Waals surface area (Å²) in [5, 5.41) is 4.09. The first kappa shape index (κ1) is 15.4. The molecule has 0 spiro atoms. The monoisotopic (exact) mass is 305 g/mol. The molecule has 1 aromatic heterocycles. The smallest absolute Gasteiger partial charge is 0.253 e. The topological polar surface area (TPSA) is 55.2 Å². The fraction of sp³-hybridized carbons (Fsp3) is 0.333. The molecule has 0 N–H and O–H groups in total. The van der Waals surface area contributed by atoms with Crippen LogP contribution >= 0.6 is 0 Å². The molecule has 1 amide bonds. The summed E-state index contributed by atoms with van der Waals surface area (Å²) in [6.45, 7) is 0.511. The van der Waals surface area contributed by atoms with Gasteiger partial charge in [-0.05, 0) is 17.7 Å². The summed E-state index contributed by atoms with van der Waals surface area (Å²) in [5.41, 5.74) is 2.51. The molecule has 0 saturated carbocycles. The lowest BCUT2D eigenvalue weighted by atomic mass is 10.1. The second-order valence-corrected chi connectivity index (χ2v) is 6.54. The van der Waals surface area contributed by atoms with Crippen molar-refractivity contribution < 1.29 is 9.00 Å². The maximum atomic E-state index is 12.4. The first-order valence-corrected chi connectivity index (χ1v) is 8.30. The molecule has 0 saturated heterocycles. The minimum Gasteiger partial charge on any atom is -0.337 e. The Kier molecular flexibility index (Phi) is 4.90. The maximum Gasteiger partial charge on any atom is 0.253 e. The molecule has 2 rings (SSSR count). The number of carbonyl (C=O) groups excluding carboxylic acids is 1. The molecule has 112 valence electrons. The van der Waals surface area contributed by atoms with Gasteiger partial charge in [0.2, 0.25) is 0 Å². The van der Waals surface area contributed by atoms with Crippen LogP contribution < -0.4 is 0 Å². The van der Waals surface area contributed by atoms with Gasteiger partial charge in [0.05, 0.1) is 6.20 Å². The van der Waals surface area contributed by atoms with E-state index >= 15 is 0 Å². The highest BCUT2D eigenvalue weighted by Gasteiger charge is 2.13. The molecule has 0 bridgehead atoms. The van der Waals surface area contributed by atoms with Crippen molar-refractivity contribution in [3.05, 3.63) is 53.3 Å². The number of aromatic nitrogens is 2. The van der Waals surface area contributed by atoms with Gasteiger partial charge in [0, 0.05) is 60.8 Å². The predicted molar refractivity (Wildman–Crippen MR) is 83.2 cm³/mol. The summed E-state index contributed by atoms with van der Waals surface area (Å²) >= 11 is 0. The zero-order chi connectivity index (χ0) is 15.4. The number of nitrogens with zero attached hydrogens (tertiary/aromatic N) is 3. The lowest BCUT2D eigenvalue weighted by Gasteiger charge is -2.16. The van der Waals surface area contributed by atoms with Crippen molar-refractivity contribution in [3.63, 3.8) is 0 Å². The lowest BCUT2D eigenvalue weighted by Crippen LogP contribution is -2.26. The van der Waals surface area contributed by atoms with Crippen LogP contribution in [0.4, 0.5) is 0 Å². The lowest BCUT2D eigenvalue weighted by molar-refractivity contribution is 0.0785. The van der Waals surface area contributed by atoms with Gasteiger partial charge in [0.25, 0.3) is 5.91 Å². The van der Waals surface area contributed by atoms with Gasteiger partial charge in [-0.3, -0.25) is 13.7 Å². The van der Waals surface area contributed by atoms with E-state index in [4.69, 9.17) is 0 Å². The summed E-state index contributed by atoms with van der Waals surface area (Å²) in [7, 11) is 2.70. The van der Waals surface area contributed by atoms with Crippen LogP contribution in [0.15, 0.2) is 36.7 Å². The second-order valence-electron chi connectivity index (χ2n) is 5.10. The highest BCUT2D eigenvalue weighted by Crippen LogP contribution is 2.11. The molecular formula is C15H19N3O2S. The molecule has 21 heavy (non-hydrogen) atoms. The molecular weight excluding hydrogens is 286 g/mol. The molecule has 0 aliphatic rings. The molecule has 0 radical (unpaired) electrons. The number of amides is 1. The number of rotatable bonds is 5. The predicted octanol–water partition coefficient (Wildman–Crippen LogP) is 1.57. The third kappa shape index (κ3) is 4.26. The third-order valence-electron chi connectivity index (χ3n) is 3.07. The van der Waals surface area contributed by atoms with E-state index in [2.05, 4.69) is 5.10 Å². The Labute approximate surface area is 127 Å². The van der Waals surface area contributed by atoms with E-state index < -0.39 is 10.8 Å². The summed E-state index contributed by atoms with van der Waals surface area (Å²) in [5.74, 6) is 0.413. The molecule has 6 heteroatoms. The molecule has 1 atom stereocenters. The fourth-order valence-electron chi connectivity index (χ4n) is 2.15. The van der Waals surface area contributed by atoms with Crippen molar-refractivity contribution >= 4 is 16.7 Å². The van der Waals surface area contributed by atoms with Gasteiger partial charge in [-0.15, -0.1) is 0 Å². The number of aryl methyl sites for hydroxylation is 1. The summed E-state index contributed by atoms with van der Waals surface area (Å²) < 4.78 is 13.0. The quantitative estimate of drug-likeness (QED) is 0.842. The SMILES string of the molecule is CN(Cc1cnn(C)c1)C(=O)c1cccc(C[S@](C)=O)c1. The van der Waals surface area contributed by atoms with E-state index in [-0.39, 0.29) is 5.91 Å². The summed E-state index contributed by atoms with van der Waals surface area (Å²) in [6, 6.07) is 7.31. The van der Waals surface area contributed by atoms with Crippen molar-refractivity contribution in [1.29, 1.82) is 0 Å². The van der Waals surface area contributed by atoms with Gasteiger partial charge >= 0.3 is 0 Å². The van der Waals surface area contributed by atoms with Crippen LogP contribution in [0.1, 0.15) is 21.5 Å². The van der Waals surface area contributed by atoms with Gasteiger partial charge in [0.1, 0.15) is 0 Å². The van der Waals surface area contributed by atoms with Crippen molar-refractivity contribution in [3.8, 4) is 0 Å². The van der Waals surface area contributed by atoms with Crippen molar-refractivity contribution in [1.82, 2.24) is 14.7 Å². The summed E-state index contributed by atoms with van der Waals surface area (Å²) in [6.07, 6.45) is 5.30. The average Bonchev–Trinajstić information content (AvgIpc) is 2.82. The van der Waals surface area contributed by atoms with Crippen LogP contribution in [-0.4, -0.2) is 38.1 Å². The van der Waals surface area contributed by atoms with Crippen LogP contribution in [0, 0.1) is 0 Å². The molecule has 5 nitrogen and oxygen atoms in total. The minimum absolute atomic E-state index is 0.0532. The zero-order valence-electron chi connectivity index (χ0n) is 12.4. The number of hydrogen-bond donors (Lipinski definition) is 0. The van der Waals surface area contributed by atoms with E-state index in [0.717, 1.165) is 11.1 Å². The minimum atomic E-state index is -0.913. The highest BCUT2D eigenvalue weighted by molar-refractivity contribution is 7.83. The highest BCUT2D eigenvalue weighted by atomic mass is 32.2. The molecule has 1 aromatic carbocycles. The molecule has 0 unspecified atom stereocenters. The van der Waals surface area contributed by atoms with E-state index in [9.17, 15) is 9.00 Å². The van der Waals surface area contributed by atoms with E-state index in [0.29, 0.717) is 17.9 Å². The Morgan fingerprint density at radius 3 is 2.76 bits per heavy atom. The standard InChI is InChI=1S/C15H19N3O2S/c1-17(9-13-8-16-18(2)10-13)15(19)14-6-4-5-12(7-14)11-21(3)20/h4-8,10H,9,11H2,1-3H3/t21-/m0/s1. The molecule has 0 fully saturated rings. The molecule has 0 aliphatic carbocycles. The number of hydrogen-bond acceptors (Lipinski definition) is 3. The second kappa shape index (κ2) is 6.67. The normalized spacial score (nSPS) is 12.1. The van der Waals surface area contributed by atoms with Crippen LogP contribution in [0.25, 0.3) is 0 Å². The van der Waals surface area contributed by atoms with Gasteiger partial charge in [-0.1, -0.05) is 12.1 Å². The Bertz CT molecular complexity index is 666. The van der Waals surface area contributed by atoms with E-state index in [1.54, 1.807) is 35.1 Å². The van der Waals surface area contributed by atoms with Crippen molar-refractivity contribution in [2.24, 2.45) is 7.05 Å². The Balaban J connectivity index is 2.09.